The lowest BCUT2D eigenvalue weighted by Gasteiger charge is -2.33. The van der Waals surface area contributed by atoms with Crippen molar-refractivity contribution in [3.05, 3.63) is 40.4 Å². The van der Waals surface area contributed by atoms with Gasteiger partial charge < -0.3 is 4.90 Å². The number of hydrogen-bond acceptors (Lipinski definition) is 3. The van der Waals surface area contributed by atoms with Gasteiger partial charge in [0, 0.05) is 19.5 Å². The molecule has 1 heterocycles. The van der Waals surface area contributed by atoms with Crippen LogP contribution < -0.4 is 5.56 Å². The molecule has 0 bridgehead atoms. The molecule has 0 aliphatic heterocycles. The number of para-hydroxylation sites is 1. The van der Waals surface area contributed by atoms with Crippen molar-refractivity contribution in [3.8, 4) is 0 Å². The second kappa shape index (κ2) is 6.75. The van der Waals surface area contributed by atoms with Gasteiger partial charge in [0.15, 0.2) is 0 Å². The fraction of sp³-hybridized carbons (Fsp3) is 0.526. The second-order valence-corrected chi connectivity index (χ2v) is 6.70. The number of amides is 1. The van der Waals surface area contributed by atoms with E-state index in [1.54, 1.807) is 9.47 Å². The Balaban J connectivity index is 2.04. The Morgan fingerprint density at radius 2 is 2.08 bits per heavy atom. The van der Waals surface area contributed by atoms with E-state index in [9.17, 15) is 9.59 Å². The molecule has 1 aliphatic rings. The van der Waals surface area contributed by atoms with Crippen molar-refractivity contribution >= 4 is 16.8 Å². The van der Waals surface area contributed by atoms with Crippen LogP contribution in [0.4, 0.5) is 0 Å². The fourth-order valence-corrected chi connectivity index (χ4v) is 3.25. The van der Waals surface area contributed by atoms with Crippen molar-refractivity contribution in [1.82, 2.24) is 14.5 Å². The molecule has 1 amide bonds. The summed E-state index contributed by atoms with van der Waals surface area (Å²) in [6.07, 6.45) is 3.93. The van der Waals surface area contributed by atoms with Gasteiger partial charge in [-0.25, -0.2) is 4.98 Å². The third-order valence-electron chi connectivity index (χ3n) is 5.10. The Morgan fingerprint density at radius 3 is 2.71 bits per heavy atom. The highest BCUT2D eigenvalue weighted by molar-refractivity contribution is 5.80. The SMILES string of the molecule is CCCn1c(C(C)N(C)C(=O)C2CCC2)nc2ccccc2c1=O. The highest BCUT2D eigenvalue weighted by atomic mass is 16.2. The molecule has 3 rings (SSSR count). The summed E-state index contributed by atoms with van der Waals surface area (Å²) in [6.45, 7) is 4.61. The average Bonchev–Trinajstić information content (AvgIpc) is 2.54. The summed E-state index contributed by atoms with van der Waals surface area (Å²) in [7, 11) is 1.82. The zero-order valence-corrected chi connectivity index (χ0v) is 14.7. The largest absolute Gasteiger partial charge is 0.336 e. The highest BCUT2D eigenvalue weighted by Crippen LogP contribution is 2.30. The second-order valence-electron chi connectivity index (χ2n) is 6.70. The fourth-order valence-electron chi connectivity index (χ4n) is 3.25. The normalized spacial score (nSPS) is 16.0. The third-order valence-corrected chi connectivity index (χ3v) is 5.10. The predicted octanol–water partition coefficient (Wildman–Crippen LogP) is 3.13. The van der Waals surface area contributed by atoms with Crippen molar-refractivity contribution in [2.24, 2.45) is 5.92 Å². The zero-order valence-electron chi connectivity index (χ0n) is 14.7. The molecule has 0 spiro atoms. The summed E-state index contributed by atoms with van der Waals surface area (Å²) in [5.41, 5.74) is 0.676. The van der Waals surface area contributed by atoms with E-state index in [0.717, 1.165) is 25.7 Å². The summed E-state index contributed by atoms with van der Waals surface area (Å²) >= 11 is 0. The van der Waals surface area contributed by atoms with E-state index < -0.39 is 0 Å². The van der Waals surface area contributed by atoms with E-state index in [-0.39, 0.29) is 23.4 Å². The number of hydrogen-bond donors (Lipinski definition) is 0. The number of rotatable bonds is 5. The van der Waals surface area contributed by atoms with Crippen LogP contribution in [0.1, 0.15) is 51.4 Å². The Kier molecular flexibility index (Phi) is 4.69. The van der Waals surface area contributed by atoms with E-state index in [2.05, 4.69) is 0 Å². The van der Waals surface area contributed by atoms with Gasteiger partial charge in [0.1, 0.15) is 5.82 Å². The minimum Gasteiger partial charge on any atom is -0.336 e. The topological polar surface area (TPSA) is 55.2 Å². The number of carbonyl (C=O) groups is 1. The maximum Gasteiger partial charge on any atom is 0.261 e. The number of benzene rings is 1. The molecular formula is C19H25N3O2. The first-order valence-electron chi connectivity index (χ1n) is 8.80. The quantitative estimate of drug-likeness (QED) is 0.848. The minimum atomic E-state index is -0.220. The van der Waals surface area contributed by atoms with Gasteiger partial charge in [0.05, 0.1) is 16.9 Å². The van der Waals surface area contributed by atoms with E-state index in [0.29, 0.717) is 23.3 Å². The van der Waals surface area contributed by atoms with Gasteiger partial charge in [-0.15, -0.1) is 0 Å². The molecule has 5 nitrogen and oxygen atoms in total. The van der Waals surface area contributed by atoms with E-state index in [1.165, 1.54) is 0 Å². The first-order valence-corrected chi connectivity index (χ1v) is 8.80. The molecule has 1 atom stereocenters. The van der Waals surface area contributed by atoms with Crippen molar-refractivity contribution in [1.29, 1.82) is 0 Å². The van der Waals surface area contributed by atoms with E-state index >= 15 is 0 Å². The maximum atomic E-state index is 12.9. The molecule has 1 aromatic carbocycles. The van der Waals surface area contributed by atoms with Crippen LogP contribution in [0.25, 0.3) is 10.9 Å². The van der Waals surface area contributed by atoms with Gasteiger partial charge in [0.25, 0.3) is 5.56 Å². The lowest BCUT2D eigenvalue weighted by molar-refractivity contribution is -0.139. The molecule has 1 aliphatic carbocycles. The lowest BCUT2D eigenvalue weighted by atomic mass is 9.84. The number of aromatic nitrogens is 2. The standard InChI is InChI=1S/C19H25N3O2/c1-4-12-22-17(13(2)21(3)18(23)14-8-7-9-14)20-16-11-6-5-10-15(16)19(22)24/h5-6,10-11,13-14H,4,7-9,12H2,1-3H3. The highest BCUT2D eigenvalue weighted by Gasteiger charge is 2.31. The van der Waals surface area contributed by atoms with Gasteiger partial charge in [-0.3, -0.25) is 14.2 Å². The smallest absolute Gasteiger partial charge is 0.261 e. The Hall–Kier alpha value is -2.17. The monoisotopic (exact) mass is 327 g/mol. The van der Waals surface area contributed by atoms with Gasteiger partial charge in [-0.05, 0) is 38.3 Å². The minimum absolute atomic E-state index is 0.0196. The summed E-state index contributed by atoms with van der Waals surface area (Å²) in [5, 5.41) is 0.634. The molecular weight excluding hydrogens is 302 g/mol. The average molecular weight is 327 g/mol. The first kappa shape index (κ1) is 16.7. The number of nitrogens with zero attached hydrogens (tertiary/aromatic N) is 3. The van der Waals surface area contributed by atoms with Crippen LogP contribution in [-0.2, 0) is 11.3 Å². The van der Waals surface area contributed by atoms with Crippen LogP contribution >= 0.6 is 0 Å². The van der Waals surface area contributed by atoms with Crippen LogP contribution in [0.15, 0.2) is 29.1 Å². The number of carbonyl (C=O) groups excluding carboxylic acids is 1. The van der Waals surface area contributed by atoms with Gasteiger partial charge in [-0.1, -0.05) is 25.5 Å². The third kappa shape index (κ3) is 2.83. The molecule has 1 fully saturated rings. The molecule has 24 heavy (non-hydrogen) atoms. The molecule has 2 aromatic rings. The van der Waals surface area contributed by atoms with E-state index in [4.69, 9.17) is 4.98 Å². The first-order chi connectivity index (χ1) is 11.5. The van der Waals surface area contributed by atoms with Crippen LogP contribution in [-0.4, -0.2) is 27.4 Å². The molecule has 0 saturated heterocycles. The summed E-state index contributed by atoms with van der Waals surface area (Å²) in [5.74, 6) is 0.985. The predicted molar refractivity (Wildman–Crippen MR) is 94.8 cm³/mol. The summed E-state index contributed by atoms with van der Waals surface area (Å²) in [4.78, 5) is 31.9. The van der Waals surface area contributed by atoms with Crippen molar-refractivity contribution in [2.45, 2.75) is 52.1 Å². The van der Waals surface area contributed by atoms with Crippen molar-refractivity contribution < 1.29 is 4.79 Å². The lowest BCUT2D eigenvalue weighted by Crippen LogP contribution is -2.40. The molecule has 0 N–H and O–H groups in total. The molecule has 0 radical (unpaired) electrons. The molecule has 1 aromatic heterocycles. The number of fused-ring (bicyclic) bond motifs is 1. The molecule has 1 saturated carbocycles. The summed E-state index contributed by atoms with van der Waals surface area (Å²) < 4.78 is 1.73. The Bertz CT molecular complexity index is 808. The van der Waals surface area contributed by atoms with E-state index in [1.807, 2.05) is 45.2 Å². The maximum absolute atomic E-state index is 12.9. The Labute approximate surface area is 142 Å². The van der Waals surface area contributed by atoms with Crippen LogP contribution in [0.5, 0.6) is 0 Å². The van der Waals surface area contributed by atoms with Crippen LogP contribution in [0, 0.1) is 5.92 Å². The zero-order chi connectivity index (χ0) is 17.3. The van der Waals surface area contributed by atoms with Crippen LogP contribution in [0.2, 0.25) is 0 Å². The van der Waals surface area contributed by atoms with Crippen molar-refractivity contribution in [3.63, 3.8) is 0 Å². The van der Waals surface area contributed by atoms with Gasteiger partial charge in [0.2, 0.25) is 5.91 Å². The molecule has 5 heteroatoms. The van der Waals surface area contributed by atoms with Crippen molar-refractivity contribution in [2.75, 3.05) is 7.05 Å². The van der Waals surface area contributed by atoms with Crippen LogP contribution in [0.3, 0.4) is 0 Å². The Morgan fingerprint density at radius 1 is 1.38 bits per heavy atom. The molecule has 128 valence electrons. The van der Waals surface area contributed by atoms with Gasteiger partial charge >= 0.3 is 0 Å². The van der Waals surface area contributed by atoms with Gasteiger partial charge in [-0.2, -0.15) is 0 Å². The summed E-state index contributed by atoms with van der Waals surface area (Å²) in [6, 6.07) is 7.20. The molecule has 1 unspecified atom stereocenters.